The molecule has 5 nitrogen and oxygen atoms in total. The van der Waals surface area contributed by atoms with Gasteiger partial charge in [-0.2, -0.15) is 5.26 Å². The quantitative estimate of drug-likeness (QED) is 0.670. The maximum absolute atomic E-state index is 11.9. The van der Waals surface area contributed by atoms with E-state index in [1.165, 1.54) is 18.2 Å². The standard InChI is InChI=1S/C15H12ClN3O2/c16-14-3-9(7-17)1-2-10(14)8-21-15(20)11-4-12(18)6-13(19)5-11/h1-6H,8,18-19H2. The second-order valence-corrected chi connectivity index (χ2v) is 4.79. The van der Waals surface area contributed by atoms with Gasteiger partial charge in [-0.25, -0.2) is 4.79 Å². The largest absolute Gasteiger partial charge is 0.457 e. The summed E-state index contributed by atoms with van der Waals surface area (Å²) in [5.74, 6) is -0.547. The number of nitrogen functional groups attached to an aromatic ring is 2. The van der Waals surface area contributed by atoms with Crippen molar-refractivity contribution in [3.63, 3.8) is 0 Å². The van der Waals surface area contributed by atoms with Crippen LogP contribution in [0.1, 0.15) is 21.5 Å². The molecule has 6 heteroatoms. The van der Waals surface area contributed by atoms with Gasteiger partial charge in [0.1, 0.15) is 6.61 Å². The van der Waals surface area contributed by atoms with Crippen LogP contribution in [-0.4, -0.2) is 5.97 Å². The first-order chi connectivity index (χ1) is 9.99. The number of hydrogen-bond donors (Lipinski definition) is 2. The number of nitrogens with zero attached hydrogens (tertiary/aromatic N) is 1. The number of benzene rings is 2. The summed E-state index contributed by atoms with van der Waals surface area (Å²) < 4.78 is 5.16. The van der Waals surface area contributed by atoms with E-state index in [0.29, 0.717) is 27.5 Å². The Labute approximate surface area is 126 Å². The summed E-state index contributed by atoms with van der Waals surface area (Å²) in [6.45, 7) is -0.00191. The lowest BCUT2D eigenvalue weighted by atomic mass is 10.1. The van der Waals surface area contributed by atoms with Crippen LogP contribution in [0.15, 0.2) is 36.4 Å². The third-order valence-electron chi connectivity index (χ3n) is 2.75. The number of nitriles is 1. The lowest BCUT2D eigenvalue weighted by Crippen LogP contribution is -2.07. The van der Waals surface area contributed by atoms with Gasteiger partial charge in [-0.15, -0.1) is 0 Å². The number of carbonyl (C=O) groups is 1. The number of hydrogen-bond acceptors (Lipinski definition) is 5. The molecule has 0 aliphatic rings. The molecule has 0 heterocycles. The van der Waals surface area contributed by atoms with Crippen LogP contribution >= 0.6 is 11.6 Å². The van der Waals surface area contributed by atoms with Crippen molar-refractivity contribution >= 4 is 28.9 Å². The lowest BCUT2D eigenvalue weighted by Gasteiger charge is -2.08. The molecule has 2 aromatic rings. The van der Waals surface area contributed by atoms with Crippen LogP contribution in [0.2, 0.25) is 5.02 Å². The van der Waals surface area contributed by atoms with Crippen molar-refractivity contribution in [2.24, 2.45) is 0 Å². The van der Waals surface area contributed by atoms with Crippen molar-refractivity contribution < 1.29 is 9.53 Å². The Balaban J connectivity index is 2.09. The summed E-state index contributed by atoms with van der Waals surface area (Å²) >= 11 is 6.01. The first-order valence-electron chi connectivity index (χ1n) is 6.01. The highest BCUT2D eigenvalue weighted by atomic mass is 35.5. The minimum Gasteiger partial charge on any atom is -0.457 e. The maximum atomic E-state index is 11.9. The van der Waals surface area contributed by atoms with E-state index < -0.39 is 5.97 Å². The lowest BCUT2D eigenvalue weighted by molar-refractivity contribution is 0.0473. The molecule has 0 unspecified atom stereocenters. The van der Waals surface area contributed by atoms with Crippen LogP contribution in [-0.2, 0) is 11.3 Å². The van der Waals surface area contributed by atoms with Crippen LogP contribution in [0.25, 0.3) is 0 Å². The normalized spacial score (nSPS) is 9.90. The van der Waals surface area contributed by atoms with Crippen molar-refractivity contribution in [2.45, 2.75) is 6.61 Å². The van der Waals surface area contributed by atoms with E-state index in [2.05, 4.69) is 0 Å². The molecule has 4 N–H and O–H groups in total. The molecule has 2 rings (SSSR count). The number of ether oxygens (including phenoxy) is 1. The van der Waals surface area contributed by atoms with E-state index >= 15 is 0 Å². The molecule has 0 saturated heterocycles. The Morgan fingerprint density at radius 1 is 1.19 bits per heavy atom. The fraction of sp³-hybridized carbons (Fsp3) is 0.0667. The van der Waals surface area contributed by atoms with Gasteiger partial charge in [0.2, 0.25) is 0 Å². The van der Waals surface area contributed by atoms with Gasteiger partial charge in [0.25, 0.3) is 0 Å². The molecule has 0 spiro atoms. The minimum absolute atomic E-state index is 0.00191. The van der Waals surface area contributed by atoms with E-state index in [1.807, 2.05) is 6.07 Å². The molecular formula is C15H12ClN3O2. The molecule has 106 valence electrons. The smallest absolute Gasteiger partial charge is 0.338 e. The maximum Gasteiger partial charge on any atom is 0.338 e. The fourth-order valence-corrected chi connectivity index (χ4v) is 1.99. The molecule has 0 aliphatic carbocycles. The highest BCUT2D eigenvalue weighted by molar-refractivity contribution is 6.31. The molecule has 0 fully saturated rings. The summed E-state index contributed by atoms with van der Waals surface area (Å²) in [4.78, 5) is 11.9. The number of rotatable bonds is 3. The highest BCUT2D eigenvalue weighted by Gasteiger charge is 2.10. The van der Waals surface area contributed by atoms with Gasteiger partial charge in [-0.3, -0.25) is 0 Å². The summed E-state index contributed by atoms with van der Waals surface area (Å²) in [6.07, 6.45) is 0. The predicted octanol–water partition coefficient (Wildman–Crippen LogP) is 2.73. The third kappa shape index (κ3) is 3.65. The van der Waals surface area contributed by atoms with Crippen LogP contribution < -0.4 is 11.5 Å². The zero-order valence-electron chi connectivity index (χ0n) is 11.0. The van der Waals surface area contributed by atoms with Crippen LogP contribution in [0.5, 0.6) is 0 Å². The zero-order valence-corrected chi connectivity index (χ0v) is 11.7. The summed E-state index contributed by atoms with van der Waals surface area (Å²) in [5.41, 5.74) is 13.3. The Morgan fingerprint density at radius 3 is 2.43 bits per heavy atom. The van der Waals surface area contributed by atoms with Gasteiger partial charge in [-0.05, 0) is 30.3 Å². The average Bonchev–Trinajstić information content (AvgIpc) is 2.44. The first-order valence-corrected chi connectivity index (χ1v) is 6.39. The van der Waals surface area contributed by atoms with Gasteiger partial charge in [0.15, 0.2) is 0 Å². The SMILES string of the molecule is N#Cc1ccc(COC(=O)c2cc(N)cc(N)c2)c(Cl)c1. The molecule has 0 aliphatic heterocycles. The number of esters is 1. The second-order valence-electron chi connectivity index (χ2n) is 4.38. The highest BCUT2D eigenvalue weighted by Crippen LogP contribution is 2.20. The van der Waals surface area contributed by atoms with E-state index in [0.717, 1.165) is 0 Å². The predicted molar refractivity (Wildman–Crippen MR) is 80.6 cm³/mol. The number of anilines is 2. The topological polar surface area (TPSA) is 102 Å². The van der Waals surface area contributed by atoms with Crippen molar-refractivity contribution in [3.8, 4) is 6.07 Å². The van der Waals surface area contributed by atoms with Crippen LogP contribution in [0, 0.1) is 11.3 Å². The van der Waals surface area contributed by atoms with Crippen molar-refractivity contribution in [1.29, 1.82) is 5.26 Å². The molecule has 21 heavy (non-hydrogen) atoms. The van der Waals surface area contributed by atoms with Crippen molar-refractivity contribution in [3.05, 3.63) is 58.1 Å². The summed E-state index contributed by atoms with van der Waals surface area (Å²) in [6, 6.07) is 11.3. The van der Waals surface area contributed by atoms with E-state index in [1.54, 1.807) is 18.2 Å². The van der Waals surface area contributed by atoms with Crippen molar-refractivity contribution in [1.82, 2.24) is 0 Å². The number of halogens is 1. The minimum atomic E-state index is -0.547. The first kappa shape index (κ1) is 14.7. The van der Waals surface area contributed by atoms with Gasteiger partial charge in [0.05, 0.1) is 17.2 Å². The third-order valence-corrected chi connectivity index (χ3v) is 3.11. The summed E-state index contributed by atoms with van der Waals surface area (Å²) in [7, 11) is 0. The monoisotopic (exact) mass is 301 g/mol. The molecule has 0 atom stereocenters. The van der Waals surface area contributed by atoms with Crippen LogP contribution in [0.4, 0.5) is 11.4 Å². The summed E-state index contributed by atoms with van der Waals surface area (Å²) in [5, 5.41) is 9.12. The van der Waals surface area contributed by atoms with Crippen LogP contribution in [0.3, 0.4) is 0 Å². The Bertz CT molecular complexity index is 718. The Kier molecular flexibility index (Phi) is 4.31. The zero-order chi connectivity index (χ0) is 15.4. The van der Waals surface area contributed by atoms with Crippen molar-refractivity contribution in [2.75, 3.05) is 11.5 Å². The Morgan fingerprint density at radius 2 is 1.86 bits per heavy atom. The molecular weight excluding hydrogens is 290 g/mol. The van der Waals surface area contributed by atoms with E-state index in [9.17, 15) is 4.79 Å². The van der Waals surface area contributed by atoms with Gasteiger partial charge < -0.3 is 16.2 Å². The van der Waals surface area contributed by atoms with Gasteiger partial charge in [0, 0.05) is 22.0 Å². The fourth-order valence-electron chi connectivity index (χ4n) is 1.75. The van der Waals surface area contributed by atoms with E-state index in [4.69, 9.17) is 33.1 Å². The Hall–Kier alpha value is -2.71. The molecule has 0 bridgehead atoms. The average molecular weight is 302 g/mol. The molecule has 2 aromatic carbocycles. The number of nitrogens with two attached hydrogens (primary N) is 2. The van der Waals surface area contributed by atoms with E-state index in [-0.39, 0.29) is 12.2 Å². The van der Waals surface area contributed by atoms with Gasteiger partial charge in [-0.1, -0.05) is 17.7 Å². The van der Waals surface area contributed by atoms with Gasteiger partial charge >= 0.3 is 5.97 Å². The molecule has 0 amide bonds. The molecule has 0 saturated carbocycles. The second kappa shape index (κ2) is 6.16. The molecule has 0 radical (unpaired) electrons. The molecule has 0 aromatic heterocycles. The number of carbonyl (C=O) groups excluding carboxylic acids is 1.